The second-order valence-corrected chi connectivity index (χ2v) is 5.19. The van der Waals surface area contributed by atoms with Gasteiger partial charge in [0.05, 0.1) is 18.8 Å². The molecule has 0 saturated carbocycles. The third kappa shape index (κ3) is 2.71. The summed E-state index contributed by atoms with van der Waals surface area (Å²) in [6, 6.07) is 0.622. The van der Waals surface area contributed by atoms with Crippen molar-refractivity contribution >= 4 is 0 Å². The molecule has 2 heterocycles. The first-order valence-corrected chi connectivity index (χ1v) is 6.07. The van der Waals surface area contributed by atoms with Gasteiger partial charge in [-0.05, 0) is 25.7 Å². The van der Waals surface area contributed by atoms with Crippen molar-refractivity contribution in [1.82, 2.24) is 4.90 Å². The molecule has 2 saturated heterocycles. The second kappa shape index (κ2) is 4.81. The zero-order chi connectivity index (χ0) is 10.8. The Morgan fingerprint density at radius 2 is 1.93 bits per heavy atom. The van der Waals surface area contributed by atoms with Gasteiger partial charge in [0.15, 0.2) is 0 Å². The molecule has 2 fully saturated rings. The van der Waals surface area contributed by atoms with Gasteiger partial charge >= 0.3 is 0 Å². The molecule has 0 amide bonds. The van der Waals surface area contributed by atoms with Crippen LogP contribution in [0.5, 0.6) is 0 Å². The number of hydrogen-bond donors (Lipinski definition) is 0. The highest BCUT2D eigenvalue weighted by Gasteiger charge is 2.34. The summed E-state index contributed by atoms with van der Waals surface area (Å²) in [5, 5.41) is 0. The molecule has 88 valence electrons. The third-order valence-corrected chi connectivity index (χ3v) is 3.71. The van der Waals surface area contributed by atoms with Gasteiger partial charge in [-0.1, -0.05) is 6.92 Å². The van der Waals surface area contributed by atoms with Crippen molar-refractivity contribution < 1.29 is 9.47 Å². The van der Waals surface area contributed by atoms with Crippen LogP contribution in [0.1, 0.15) is 26.7 Å². The first kappa shape index (κ1) is 11.4. The second-order valence-electron chi connectivity index (χ2n) is 5.19. The van der Waals surface area contributed by atoms with Gasteiger partial charge in [0.25, 0.3) is 0 Å². The average molecular weight is 213 g/mol. The first-order valence-electron chi connectivity index (χ1n) is 6.07. The van der Waals surface area contributed by atoms with E-state index in [-0.39, 0.29) is 0 Å². The maximum absolute atomic E-state index is 5.83. The predicted octanol–water partition coefficient (Wildman–Crippen LogP) is 1.52. The van der Waals surface area contributed by atoms with Crippen LogP contribution < -0.4 is 0 Å². The van der Waals surface area contributed by atoms with Gasteiger partial charge in [-0.2, -0.15) is 0 Å². The molecule has 3 unspecified atom stereocenters. The molecule has 2 aliphatic heterocycles. The molecule has 0 aromatic rings. The van der Waals surface area contributed by atoms with Crippen LogP contribution in [0.2, 0.25) is 0 Å². The zero-order valence-corrected chi connectivity index (χ0v) is 10.1. The number of rotatable bonds is 2. The van der Waals surface area contributed by atoms with Gasteiger partial charge in [-0.3, -0.25) is 4.90 Å². The van der Waals surface area contributed by atoms with Gasteiger partial charge in [0.1, 0.15) is 0 Å². The molecule has 3 heteroatoms. The minimum atomic E-state index is 0.435. The summed E-state index contributed by atoms with van der Waals surface area (Å²) in [4.78, 5) is 2.50. The van der Waals surface area contributed by atoms with E-state index >= 15 is 0 Å². The molecule has 0 N–H and O–H groups in total. The smallest absolute Gasteiger partial charge is 0.0825 e. The molecule has 2 rings (SSSR count). The van der Waals surface area contributed by atoms with Crippen LogP contribution in [-0.2, 0) is 9.47 Å². The average Bonchev–Trinajstić information content (AvgIpc) is 2.26. The highest BCUT2D eigenvalue weighted by molar-refractivity contribution is 4.88. The van der Waals surface area contributed by atoms with Crippen molar-refractivity contribution in [2.24, 2.45) is 5.92 Å². The van der Waals surface area contributed by atoms with E-state index < -0.39 is 0 Å². The maximum Gasteiger partial charge on any atom is 0.0825 e. The summed E-state index contributed by atoms with van der Waals surface area (Å²) < 4.78 is 11.1. The lowest BCUT2D eigenvalue weighted by atomic mass is 9.95. The van der Waals surface area contributed by atoms with Crippen molar-refractivity contribution in [3.05, 3.63) is 0 Å². The molecule has 0 aromatic heterocycles. The number of likely N-dealkylation sites (tertiary alicyclic amines) is 1. The molecule has 0 spiro atoms. The Morgan fingerprint density at radius 1 is 1.20 bits per heavy atom. The van der Waals surface area contributed by atoms with E-state index in [1.54, 1.807) is 7.11 Å². The molecule has 3 nitrogen and oxygen atoms in total. The fraction of sp³-hybridized carbons (Fsp3) is 1.00. The quantitative estimate of drug-likeness (QED) is 0.694. The summed E-state index contributed by atoms with van der Waals surface area (Å²) in [6.07, 6.45) is 3.38. The fourth-order valence-corrected chi connectivity index (χ4v) is 2.71. The monoisotopic (exact) mass is 213 g/mol. The fourth-order valence-electron chi connectivity index (χ4n) is 2.71. The summed E-state index contributed by atoms with van der Waals surface area (Å²) in [6.45, 7) is 7.61. The van der Waals surface area contributed by atoms with E-state index in [4.69, 9.17) is 9.47 Å². The lowest BCUT2D eigenvalue weighted by Crippen LogP contribution is -2.57. The summed E-state index contributed by atoms with van der Waals surface area (Å²) in [5.41, 5.74) is 0. The van der Waals surface area contributed by atoms with Gasteiger partial charge in [-0.25, -0.2) is 0 Å². The van der Waals surface area contributed by atoms with Crippen LogP contribution in [0.15, 0.2) is 0 Å². The van der Waals surface area contributed by atoms with E-state index in [0.29, 0.717) is 18.2 Å². The number of nitrogens with zero attached hydrogens (tertiary/aromatic N) is 1. The lowest BCUT2D eigenvalue weighted by molar-refractivity contribution is -0.0708. The topological polar surface area (TPSA) is 21.7 Å². The summed E-state index contributed by atoms with van der Waals surface area (Å²) >= 11 is 0. The van der Waals surface area contributed by atoms with Crippen molar-refractivity contribution in [2.45, 2.75) is 44.9 Å². The third-order valence-electron chi connectivity index (χ3n) is 3.71. The van der Waals surface area contributed by atoms with Crippen LogP contribution in [0.3, 0.4) is 0 Å². The summed E-state index contributed by atoms with van der Waals surface area (Å²) in [5.74, 6) is 0.786. The van der Waals surface area contributed by atoms with Crippen LogP contribution >= 0.6 is 0 Å². The highest BCUT2D eigenvalue weighted by atomic mass is 16.5. The molecule has 0 aromatic carbocycles. The molecule has 3 atom stereocenters. The Labute approximate surface area is 92.7 Å². The van der Waals surface area contributed by atoms with E-state index in [0.717, 1.165) is 25.6 Å². The Morgan fingerprint density at radius 3 is 2.60 bits per heavy atom. The Kier molecular flexibility index (Phi) is 3.65. The van der Waals surface area contributed by atoms with Crippen LogP contribution in [0.4, 0.5) is 0 Å². The molecule has 0 aliphatic carbocycles. The van der Waals surface area contributed by atoms with Gasteiger partial charge in [-0.15, -0.1) is 0 Å². The van der Waals surface area contributed by atoms with Crippen LogP contribution in [0.25, 0.3) is 0 Å². The summed E-state index contributed by atoms with van der Waals surface area (Å²) in [7, 11) is 1.80. The Balaban J connectivity index is 1.82. The number of ether oxygens (including phenoxy) is 2. The molecule has 0 bridgehead atoms. The van der Waals surface area contributed by atoms with Gasteiger partial charge in [0, 0.05) is 26.2 Å². The predicted molar refractivity (Wildman–Crippen MR) is 60.0 cm³/mol. The van der Waals surface area contributed by atoms with Gasteiger partial charge < -0.3 is 9.47 Å². The van der Waals surface area contributed by atoms with Crippen molar-refractivity contribution in [1.29, 1.82) is 0 Å². The first-order chi connectivity index (χ1) is 7.19. The molecule has 0 radical (unpaired) electrons. The largest absolute Gasteiger partial charge is 0.379 e. The van der Waals surface area contributed by atoms with Crippen molar-refractivity contribution in [3.63, 3.8) is 0 Å². The van der Waals surface area contributed by atoms with E-state index in [1.807, 2.05) is 0 Å². The SMILES string of the molecule is COC1CN(C2COC(C)CC(C)C2)C1. The van der Waals surface area contributed by atoms with Gasteiger partial charge in [0.2, 0.25) is 0 Å². The number of methoxy groups -OCH3 is 1. The van der Waals surface area contributed by atoms with Crippen LogP contribution in [-0.4, -0.2) is 50.0 Å². The van der Waals surface area contributed by atoms with Crippen molar-refractivity contribution in [3.8, 4) is 0 Å². The molecule has 2 aliphatic rings. The van der Waals surface area contributed by atoms with E-state index in [1.165, 1.54) is 12.8 Å². The Bertz CT molecular complexity index is 204. The lowest BCUT2D eigenvalue weighted by Gasteiger charge is -2.43. The van der Waals surface area contributed by atoms with Crippen LogP contribution in [0, 0.1) is 5.92 Å². The Hall–Kier alpha value is -0.120. The molecular weight excluding hydrogens is 190 g/mol. The van der Waals surface area contributed by atoms with Crippen molar-refractivity contribution in [2.75, 3.05) is 26.8 Å². The minimum Gasteiger partial charge on any atom is -0.379 e. The minimum absolute atomic E-state index is 0.435. The molecule has 15 heavy (non-hydrogen) atoms. The molecular formula is C12H23NO2. The van der Waals surface area contributed by atoms with E-state index in [9.17, 15) is 0 Å². The zero-order valence-electron chi connectivity index (χ0n) is 10.1. The normalized spacial score (nSPS) is 39.8. The van der Waals surface area contributed by atoms with E-state index in [2.05, 4.69) is 18.7 Å². The maximum atomic E-state index is 5.83. The number of hydrogen-bond acceptors (Lipinski definition) is 3. The highest BCUT2D eigenvalue weighted by Crippen LogP contribution is 2.26. The standard InChI is InChI=1S/C12H23NO2/c1-9-4-10(2)15-8-11(5-9)13-6-12(7-13)14-3/h9-12H,4-8H2,1-3H3.